The molecule has 3 aromatic carbocycles. The maximum atomic E-state index is 15.2. The Hall–Kier alpha value is -4.10. The number of anilines is 1. The Kier molecular flexibility index (Phi) is 10.3. The minimum Gasteiger partial charge on any atom is -0.323 e. The van der Waals surface area contributed by atoms with Crippen LogP contribution in [0.5, 0.6) is 0 Å². The van der Waals surface area contributed by atoms with E-state index in [4.69, 9.17) is 5.73 Å². The number of halogens is 3. The molecule has 1 unspecified atom stereocenters. The highest BCUT2D eigenvalue weighted by molar-refractivity contribution is 7.88. The van der Waals surface area contributed by atoms with Crippen molar-refractivity contribution >= 4 is 21.6 Å². The van der Waals surface area contributed by atoms with Crippen LogP contribution in [-0.4, -0.2) is 55.3 Å². The summed E-state index contributed by atoms with van der Waals surface area (Å²) in [7, 11) is -3.65. The van der Waals surface area contributed by atoms with Gasteiger partial charge in [-0.05, 0) is 53.8 Å². The average Bonchev–Trinajstić information content (AvgIpc) is 3.03. The zero-order chi connectivity index (χ0) is 32.0. The number of rotatable bonds is 11. The molecule has 1 aromatic heterocycles. The van der Waals surface area contributed by atoms with Crippen LogP contribution in [0.15, 0.2) is 91.3 Å². The van der Waals surface area contributed by atoms with Gasteiger partial charge in [0.1, 0.15) is 17.5 Å². The van der Waals surface area contributed by atoms with Crippen molar-refractivity contribution in [3.63, 3.8) is 0 Å². The number of hydrogen-bond acceptors (Lipinski definition) is 6. The van der Waals surface area contributed by atoms with Crippen LogP contribution < -0.4 is 16.4 Å². The summed E-state index contributed by atoms with van der Waals surface area (Å²) < 4.78 is 70.8. The van der Waals surface area contributed by atoms with E-state index in [1.54, 1.807) is 24.3 Å². The topological polar surface area (TPSA) is 117 Å². The van der Waals surface area contributed by atoms with E-state index < -0.39 is 51.4 Å². The summed E-state index contributed by atoms with van der Waals surface area (Å²) in [6.45, 7) is 1.17. The van der Waals surface area contributed by atoms with Gasteiger partial charge in [0.05, 0.1) is 29.9 Å². The number of hydrogen-bond donors (Lipinski definition) is 3. The third kappa shape index (κ3) is 7.95. The Balaban J connectivity index is 1.34. The monoisotopic (exact) mass is 637 g/mol. The van der Waals surface area contributed by atoms with Crippen molar-refractivity contribution in [3.05, 3.63) is 131 Å². The number of carbonyl (C=O) groups is 1. The fraction of sp³-hybridized carbons (Fsp3) is 0.273. The molecular weight excluding hydrogens is 603 g/mol. The van der Waals surface area contributed by atoms with Crippen molar-refractivity contribution in [1.29, 1.82) is 0 Å². The van der Waals surface area contributed by atoms with Gasteiger partial charge in [-0.1, -0.05) is 54.6 Å². The molecule has 1 aliphatic heterocycles. The van der Waals surface area contributed by atoms with Crippen molar-refractivity contribution in [2.75, 3.05) is 25.0 Å². The van der Waals surface area contributed by atoms with Gasteiger partial charge in [0.25, 0.3) is 0 Å². The summed E-state index contributed by atoms with van der Waals surface area (Å²) in [5.41, 5.74) is 8.47. The average molecular weight is 638 g/mol. The van der Waals surface area contributed by atoms with Crippen LogP contribution in [0.4, 0.5) is 18.9 Å². The second-order valence-corrected chi connectivity index (χ2v) is 12.9. The van der Waals surface area contributed by atoms with Crippen molar-refractivity contribution in [2.24, 2.45) is 5.73 Å². The standard InChI is InChI=1S/C33H34F3N5O3S/c34-25-10-6-23(7-11-25)31(24-8-12-26(35)13-9-24)32(37)33(42)40-30-20-39-19-29(36)28(30)15-14-27-18-38-16-17-41(27)45(43,44)21-22-4-2-1-3-5-22/h1-13,19-20,27,31-32,38H,14-18,21,37H2,(H,40,42)/t27?,32-/m0/s1. The largest absolute Gasteiger partial charge is 0.323 e. The van der Waals surface area contributed by atoms with Gasteiger partial charge in [-0.2, -0.15) is 4.31 Å². The number of benzene rings is 3. The molecule has 0 bridgehead atoms. The molecule has 12 heteroatoms. The normalized spacial score (nSPS) is 16.4. The fourth-order valence-electron chi connectivity index (χ4n) is 5.67. The number of piperazine rings is 1. The molecular formula is C33H34F3N5O3S. The molecule has 8 nitrogen and oxygen atoms in total. The Morgan fingerprint density at radius 2 is 1.58 bits per heavy atom. The van der Waals surface area contributed by atoms with Gasteiger partial charge >= 0.3 is 0 Å². The summed E-state index contributed by atoms with van der Waals surface area (Å²) >= 11 is 0. The van der Waals surface area contributed by atoms with Gasteiger partial charge in [0.2, 0.25) is 15.9 Å². The van der Waals surface area contributed by atoms with E-state index in [2.05, 4.69) is 15.6 Å². The smallest absolute Gasteiger partial charge is 0.242 e. The summed E-state index contributed by atoms with van der Waals surface area (Å²) in [5, 5.41) is 5.91. The first-order chi connectivity index (χ1) is 21.6. The minimum atomic E-state index is -3.65. The molecule has 0 radical (unpaired) electrons. The maximum Gasteiger partial charge on any atom is 0.242 e. The molecule has 45 heavy (non-hydrogen) atoms. The van der Waals surface area contributed by atoms with E-state index in [-0.39, 0.29) is 36.4 Å². The molecule has 1 saturated heterocycles. The van der Waals surface area contributed by atoms with Crippen molar-refractivity contribution < 1.29 is 26.4 Å². The summed E-state index contributed by atoms with van der Waals surface area (Å²) in [4.78, 5) is 17.4. The van der Waals surface area contributed by atoms with Crippen LogP contribution in [0, 0.1) is 17.5 Å². The summed E-state index contributed by atoms with van der Waals surface area (Å²) in [5.74, 6) is -3.16. The molecule has 4 N–H and O–H groups in total. The van der Waals surface area contributed by atoms with E-state index in [1.165, 1.54) is 59.0 Å². The molecule has 0 aliphatic carbocycles. The maximum absolute atomic E-state index is 15.2. The van der Waals surface area contributed by atoms with Crippen LogP contribution >= 0.6 is 0 Å². The molecule has 5 rings (SSSR count). The Bertz CT molecular complexity index is 1660. The molecule has 0 spiro atoms. The molecule has 236 valence electrons. The molecule has 1 aliphatic rings. The van der Waals surface area contributed by atoms with Gasteiger partial charge in [-0.25, -0.2) is 21.6 Å². The summed E-state index contributed by atoms with van der Waals surface area (Å²) in [6, 6.07) is 18.2. The number of amides is 1. The van der Waals surface area contributed by atoms with Gasteiger partial charge in [0.15, 0.2) is 0 Å². The quantitative estimate of drug-likeness (QED) is 0.226. The summed E-state index contributed by atoms with van der Waals surface area (Å²) in [6.07, 6.45) is 2.75. The fourth-order valence-corrected chi connectivity index (χ4v) is 7.45. The number of pyridine rings is 1. The number of nitrogens with one attached hydrogen (secondary N) is 2. The molecule has 4 aromatic rings. The molecule has 2 heterocycles. The third-order valence-corrected chi connectivity index (χ3v) is 9.85. The first-order valence-corrected chi connectivity index (χ1v) is 16.2. The molecule has 1 amide bonds. The van der Waals surface area contributed by atoms with Crippen LogP contribution in [0.3, 0.4) is 0 Å². The highest BCUT2D eigenvalue weighted by Crippen LogP contribution is 2.30. The predicted octanol–water partition coefficient (Wildman–Crippen LogP) is 4.33. The second-order valence-electron chi connectivity index (χ2n) is 11.0. The van der Waals surface area contributed by atoms with Gasteiger partial charge < -0.3 is 16.4 Å². The minimum absolute atomic E-state index is 0.106. The van der Waals surface area contributed by atoms with Crippen molar-refractivity contribution in [1.82, 2.24) is 14.6 Å². The van der Waals surface area contributed by atoms with E-state index in [9.17, 15) is 22.0 Å². The zero-order valence-electron chi connectivity index (χ0n) is 24.4. The lowest BCUT2D eigenvalue weighted by Crippen LogP contribution is -2.53. The molecule has 1 fully saturated rings. The van der Waals surface area contributed by atoms with Crippen LogP contribution in [0.1, 0.15) is 34.6 Å². The molecule has 2 atom stereocenters. The zero-order valence-corrected chi connectivity index (χ0v) is 25.2. The number of carbonyl (C=O) groups excluding carboxylic acids is 1. The lowest BCUT2D eigenvalue weighted by molar-refractivity contribution is -0.117. The van der Waals surface area contributed by atoms with E-state index in [1.807, 2.05) is 6.07 Å². The lowest BCUT2D eigenvalue weighted by Gasteiger charge is -2.35. The third-order valence-electron chi connectivity index (χ3n) is 7.96. The van der Waals surface area contributed by atoms with E-state index >= 15 is 4.39 Å². The predicted molar refractivity (Wildman–Crippen MR) is 166 cm³/mol. The van der Waals surface area contributed by atoms with Gasteiger partial charge in [-0.3, -0.25) is 9.78 Å². The van der Waals surface area contributed by atoms with Crippen LogP contribution in [0.25, 0.3) is 0 Å². The second kappa shape index (κ2) is 14.3. The van der Waals surface area contributed by atoms with Gasteiger partial charge in [-0.15, -0.1) is 0 Å². The number of nitrogens with two attached hydrogens (primary N) is 1. The van der Waals surface area contributed by atoms with Crippen LogP contribution in [0.2, 0.25) is 0 Å². The van der Waals surface area contributed by atoms with Crippen molar-refractivity contribution in [3.8, 4) is 0 Å². The number of aromatic nitrogens is 1. The van der Waals surface area contributed by atoms with Crippen LogP contribution in [-0.2, 0) is 27.0 Å². The van der Waals surface area contributed by atoms with E-state index in [0.29, 0.717) is 29.8 Å². The lowest BCUT2D eigenvalue weighted by atomic mass is 9.85. The van der Waals surface area contributed by atoms with Gasteiger partial charge in [0, 0.05) is 37.2 Å². The number of sulfonamides is 1. The first-order valence-electron chi connectivity index (χ1n) is 14.6. The molecule has 0 saturated carbocycles. The number of nitrogens with zero attached hydrogens (tertiary/aromatic N) is 2. The van der Waals surface area contributed by atoms with Crippen molar-refractivity contribution in [2.45, 2.75) is 36.6 Å². The first kappa shape index (κ1) is 32.3. The Morgan fingerprint density at radius 1 is 0.956 bits per heavy atom. The highest BCUT2D eigenvalue weighted by Gasteiger charge is 2.33. The highest BCUT2D eigenvalue weighted by atomic mass is 32.2. The Labute approximate surface area is 260 Å². The van der Waals surface area contributed by atoms with E-state index in [0.717, 1.165) is 6.20 Å². The Morgan fingerprint density at radius 3 is 2.20 bits per heavy atom. The SMILES string of the molecule is N[C@H](C(=O)Nc1cncc(F)c1CCC1CNCCN1S(=O)(=O)Cc1ccccc1)C(c1ccc(F)cc1)c1ccc(F)cc1.